The number of imide groups is 1. The van der Waals surface area contributed by atoms with Crippen molar-refractivity contribution in [2.75, 3.05) is 14.2 Å². The second-order valence-electron chi connectivity index (χ2n) is 5.74. The van der Waals surface area contributed by atoms with E-state index in [1.165, 1.54) is 14.2 Å². The molecule has 0 unspecified atom stereocenters. The van der Waals surface area contributed by atoms with Gasteiger partial charge in [-0.1, -0.05) is 39.7 Å². The number of hydrogen-bond acceptors (Lipinski definition) is 4. The highest BCUT2D eigenvalue weighted by Crippen LogP contribution is 2.36. The number of rotatable bonds is 5. The lowest BCUT2D eigenvalue weighted by Crippen LogP contribution is -2.30. The van der Waals surface area contributed by atoms with Crippen molar-refractivity contribution in [2.45, 2.75) is 6.54 Å². The number of hydrogen-bond donors (Lipinski definition) is 1. The Kier molecular flexibility index (Phi) is 5.72. The van der Waals surface area contributed by atoms with E-state index in [-0.39, 0.29) is 12.2 Å². The minimum Gasteiger partial charge on any atom is -0.493 e. The van der Waals surface area contributed by atoms with Crippen LogP contribution in [0.15, 0.2) is 46.6 Å². The number of benzene rings is 2. The second kappa shape index (κ2) is 8.02. The van der Waals surface area contributed by atoms with Gasteiger partial charge in [0.1, 0.15) is 5.70 Å². The van der Waals surface area contributed by atoms with E-state index >= 15 is 0 Å². The van der Waals surface area contributed by atoms with Crippen LogP contribution in [0.4, 0.5) is 4.79 Å². The lowest BCUT2D eigenvalue weighted by Gasteiger charge is -2.12. The molecule has 3 rings (SSSR count). The second-order valence-corrected chi connectivity index (χ2v) is 7.07. The molecule has 0 aromatic heterocycles. The van der Waals surface area contributed by atoms with Gasteiger partial charge in [-0.25, -0.2) is 4.79 Å². The minimum atomic E-state index is -0.472. The first-order chi connectivity index (χ1) is 12.9. The van der Waals surface area contributed by atoms with Gasteiger partial charge in [-0.3, -0.25) is 9.69 Å². The first-order valence-corrected chi connectivity index (χ1v) is 9.10. The predicted molar refractivity (Wildman–Crippen MR) is 106 cm³/mol. The zero-order valence-electron chi connectivity index (χ0n) is 14.6. The molecule has 3 amide bonds. The van der Waals surface area contributed by atoms with Gasteiger partial charge in [0.05, 0.1) is 25.8 Å². The Labute approximate surface area is 169 Å². The largest absolute Gasteiger partial charge is 0.493 e. The van der Waals surface area contributed by atoms with Crippen molar-refractivity contribution in [1.82, 2.24) is 10.2 Å². The van der Waals surface area contributed by atoms with Crippen LogP contribution in [0.5, 0.6) is 11.5 Å². The third-order valence-corrected chi connectivity index (χ3v) is 4.79. The van der Waals surface area contributed by atoms with Crippen LogP contribution in [0.3, 0.4) is 0 Å². The summed E-state index contributed by atoms with van der Waals surface area (Å²) in [4.78, 5) is 26.0. The zero-order valence-corrected chi connectivity index (χ0v) is 16.9. The number of nitrogens with zero attached hydrogens (tertiary/aromatic N) is 1. The van der Waals surface area contributed by atoms with Crippen molar-refractivity contribution < 1.29 is 19.1 Å². The molecule has 1 fully saturated rings. The molecule has 140 valence electrons. The van der Waals surface area contributed by atoms with Crippen molar-refractivity contribution in [3.05, 3.63) is 62.7 Å². The molecule has 2 aromatic rings. The summed E-state index contributed by atoms with van der Waals surface area (Å²) in [6.45, 7) is 0.183. The fourth-order valence-corrected chi connectivity index (χ4v) is 3.24. The van der Waals surface area contributed by atoms with E-state index in [0.29, 0.717) is 22.1 Å². The van der Waals surface area contributed by atoms with Crippen LogP contribution in [-0.2, 0) is 11.3 Å². The molecule has 0 aliphatic carbocycles. The van der Waals surface area contributed by atoms with Gasteiger partial charge in [0.2, 0.25) is 0 Å². The van der Waals surface area contributed by atoms with Crippen LogP contribution in [-0.4, -0.2) is 31.1 Å². The van der Waals surface area contributed by atoms with Gasteiger partial charge in [-0.15, -0.1) is 0 Å². The fourth-order valence-electron chi connectivity index (χ4n) is 2.68. The Balaban J connectivity index is 1.86. The summed E-state index contributed by atoms with van der Waals surface area (Å²) in [6, 6.07) is 10.2. The van der Waals surface area contributed by atoms with Crippen LogP contribution >= 0.6 is 27.5 Å². The van der Waals surface area contributed by atoms with Gasteiger partial charge in [0, 0.05) is 4.47 Å². The maximum Gasteiger partial charge on any atom is 0.329 e. The number of urea groups is 1. The zero-order chi connectivity index (χ0) is 19.6. The number of carbonyl (C=O) groups is 2. The predicted octanol–water partition coefficient (Wildman–Crippen LogP) is 4.21. The van der Waals surface area contributed by atoms with Gasteiger partial charge in [-0.2, -0.15) is 0 Å². The number of nitrogens with one attached hydrogen (secondary N) is 1. The summed E-state index contributed by atoms with van der Waals surface area (Å²) in [7, 11) is 2.98. The van der Waals surface area contributed by atoms with Crippen LogP contribution in [0.2, 0.25) is 5.02 Å². The van der Waals surface area contributed by atoms with Crippen molar-refractivity contribution in [3.63, 3.8) is 0 Å². The van der Waals surface area contributed by atoms with Crippen LogP contribution in [0.1, 0.15) is 11.1 Å². The highest BCUT2D eigenvalue weighted by molar-refractivity contribution is 9.10. The molecule has 0 bridgehead atoms. The van der Waals surface area contributed by atoms with Gasteiger partial charge < -0.3 is 14.8 Å². The molecule has 0 radical (unpaired) electrons. The lowest BCUT2D eigenvalue weighted by atomic mass is 10.1. The number of halogens is 2. The van der Waals surface area contributed by atoms with Crippen molar-refractivity contribution >= 4 is 45.5 Å². The number of ether oxygens (including phenoxy) is 2. The first-order valence-electron chi connectivity index (χ1n) is 7.93. The first kappa shape index (κ1) is 19.3. The molecule has 0 saturated carbocycles. The summed E-state index contributed by atoms with van der Waals surface area (Å²) in [6.07, 6.45) is 1.55. The summed E-state index contributed by atoms with van der Waals surface area (Å²) < 4.78 is 11.4. The lowest BCUT2D eigenvalue weighted by molar-refractivity contribution is -0.123. The summed E-state index contributed by atoms with van der Waals surface area (Å²) in [5, 5.41) is 2.93. The molecule has 1 saturated heterocycles. The maximum atomic E-state index is 12.6. The van der Waals surface area contributed by atoms with E-state index in [9.17, 15) is 9.59 Å². The molecule has 6 nitrogen and oxygen atoms in total. The smallest absolute Gasteiger partial charge is 0.329 e. The molecule has 27 heavy (non-hydrogen) atoms. The summed E-state index contributed by atoms with van der Waals surface area (Å²) >= 11 is 9.55. The van der Waals surface area contributed by atoms with Crippen molar-refractivity contribution in [2.24, 2.45) is 0 Å². The van der Waals surface area contributed by atoms with E-state index in [4.69, 9.17) is 21.1 Å². The monoisotopic (exact) mass is 450 g/mol. The summed E-state index contributed by atoms with van der Waals surface area (Å²) in [5.41, 5.74) is 1.62. The van der Waals surface area contributed by atoms with E-state index in [1.807, 2.05) is 24.3 Å². The molecule has 2 aromatic carbocycles. The maximum absolute atomic E-state index is 12.6. The van der Waals surface area contributed by atoms with Crippen LogP contribution in [0, 0.1) is 0 Å². The van der Waals surface area contributed by atoms with Gasteiger partial charge in [-0.05, 0) is 41.5 Å². The molecule has 0 spiro atoms. The van der Waals surface area contributed by atoms with Crippen molar-refractivity contribution in [1.29, 1.82) is 0 Å². The molecular formula is C19H16BrClN2O4. The minimum absolute atomic E-state index is 0.167. The Bertz CT molecular complexity index is 928. The SMILES string of the molecule is COc1cc(/C=C2/NC(=O)N(Cc3ccc(Br)cc3)C2=O)cc(Cl)c1OC. The summed E-state index contributed by atoms with van der Waals surface area (Å²) in [5.74, 6) is 0.425. The van der Waals surface area contributed by atoms with Gasteiger partial charge in [0.15, 0.2) is 11.5 Å². The molecule has 1 aliphatic rings. The van der Waals surface area contributed by atoms with E-state index in [2.05, 4.69) is 21.2 Å². The Morgan fingerprint density at radius 2 is 1.85 bits per heavy atom. The van der Waals surface area contributed by atoms with Gasteiger partial charge in [0.25, 0.3) is 5.91 Å². The molecular weight excluding hydrogens is 436 g/mol. The highest BCUT2D eigenvalue weighted by Gasteiger charge is 2.33. The topological polar surface area (TPSA) is 67.9 Å². The average Bonchev–Trinajstić information content (AvgIpc) is 2.90. The van der Waals surface area contributed by atoms with Crippen LogP contribution in [0.25, 0.3) is 6.08 Å². The van der Waals surface area contributed by atoms with Crippen molar-refractivity contribution in [3.8, 4) is 11.5 Å². The highest BCUT2D eigenvalue weighted by atomic mass is 79.9. The molecule has 1 aliphatic heterocycles. The van der Waals surface area contributed by atoms with Crippen LogP contribution < -0.4 is 14.8 Å². The third kappa shape index (κ3) is 4.09. The normalized spacial score (nSPS) is 15.3. The van der Waals surface area contributed by atoms with E-state index in [1.54, 1.807) is 18.2 Å². The Morgan fingerprint density at radius 1 is 1.15 bits per heavy atom. The number of carbonyl (C=O) groups excluding carboxylic acids is 2. The molecule has 0 atom stereocenters. The standard InChI is InChI=1S/C19H16BrClN2O4/c1-26-16-9-12(7-14(21)17(16)27-2)8-15-18(24)23(19(25)22-15)10-11-3-5-13(20)6-4-11/h3-9H,10H2,1-2H3,(H,22,25)/b15-8+. The Hall–Kier alpha value is -2.51. The van der Waals surface area contributed by atoms with E-state index in [0.717, 1.165) is 14.9 Å². The quantitative estimate of drug-likeness (QED) is 0.546. The molecule has 8 heteroatoms. The fraction of sp³-hybridized carbons (Fsp3) is 0.158. The molecule has 1 N–H and O–H groups in total. The average molecular weight is 452 g/mol. The number of methoxy groups -OCH3 is 2. The molecule has 1 heterocycles. The van der Waals surface area contributed by atoms with E-state index < -0.39 is 11.9 Å². The van der Waals surface area contributed by atoms with Gasteiger partial charge >= 0.3 is 6.03 Å². The Morgan fingerprint density at radius 3 is 2.48 bits per heavy atom. The third-order valence-electron chi connectivity index (χ3n) is 3.98. The number of amides is 3.